The fourth-order valence-electron chi connectivity index (χ4n) is 4.07. The topological polar surface area (TPSA) is 69.6 Å². The van der Waals surface area contributed by atoms with Gasteiger partial charge in [0.15, 0.2) is 0 Å². The van der Waals surface area contributed by atoms with Crippen LogP contribution in [-0.2, 0) is 11.3 Å². The molecule has 0 spiro atoms. The summed E-state index contributed by atoms with van der Waals surface area (Å²) in [4.78, 5) is 26.5. The molecule has 154 valence electrons. The third kappa shape index (κ3) is 3.30. The highest BCUT2D eigenvalue weighted by molar-refractivity contribution is 7.99. The average Bonchev–Trinajstić information content (AvgIpc) is 3.09. The second kappa shape index (κ2) is 7.85. The Balaban J connectivity index is 1.45. The summed E-state index contributed by atoms with van der Waals surface area (Å²) in [6, 6.07) is 15.3. The van der Waals surface area contributed by atoms with E-state index in [1.807, 2.05) is 30.3 Å². The van der Waals surface area contributed by atoms with Crippen molar-refractivity contribution in [3.8, 4) is 11.5 Å². The molecule has 0 saturated carbocycles. The zero-order chi connectivity index (χ0) is 20.7. The Morgan fingerprint density at radius 1 is 1.23 bits per heavy atom. The van der Waals surface area contributed by atoms with E-state index in [1.165, 1.54) is 11.3 Å². The number of carbonyl (C=O) groups is 1. The predicted molar refractivity (Wildman–Crippen MR) is 118 cm³/mol. The largest absolute Gasteiger partial charge is 0.495 e. The van der Waals surface area contributed by atoms with Gasteiger partial charge < -0.3 is 14.8 Å². The van der Waals surface area contributed by atoms with E-state index in [0.29, 0.717) is 24.0 Å². The summed E-state index contributed by atoms with van der Waals surface area (Å²) in [5.74, 6) is 2.54. The van der Waals surface area contributed by atoms with Gasteiger partial charge in [0.05, 0.1) is 24.4 Å². The van der Waals surface area contributed by atoms with Gasteiger partial charge in [-0.2, -0.15) is 0 Å². The molecule has 6 nitrogen and oxygen atoms in total. The number of carbonyl (C=O) groups excluding carboxylic acids is 1. The molecular weight excluding hydrogens is 420 g/mol. The monoisotopic (exact) mass is 440 g/mol. The van der Waals surface area contributed by atoms with Gasteiger partial charge in [0.25, 0.3) is 0 Å². The lowest BCUT2D eigenvalue weighted by Crippen LogP contribution is -2.31. The van der Waals surface area contributed by atoms with Crippen molar-refractivity contribution in [2.24, 2.45) is 5.92 Å². The molecule has 3 aromatic rings. The summed E-state index contributed by atoms with van der Waals surface area (Å²) in [6.07, 6.45) is 0. The van der Waals surface area contributed by atoms with Crippen LogP contribution in [0.3, 0.4) is 0 Å². The maximum absolute atomic E-state index is 12.8. The van der Waals surface area contributed by atoms with Crippen molar-refractivity contribution in [3.05, 3.63) is 68.6 Å². The molecule has 0 bridgehead atoms. The average molecular weight is 441 g/mol. The number of benzene rings is 2. The molecule has 0 radical (unpaired) electrons. The van der Waals surface area contributed by atoms with E-state index in [4.69, 9.17) is 9.47 Å². The molecule has 2 atom stereocenters. The zero-order valence-electron chi connectivity index (χ0n) is 16.3. The number of methoxy groups -OCH3 is 1. The number of nitrogens with zero attached hydrogens (tertiary/aromatic N) is 1. The van der Waals surface area contributed by atoms with E-state index in [1.54, 1.807) is 35.6 Å². The summed E-state index contributed by atoms with van der Waals surface area (Å²) in [6.45, 7) is 0.625. The number of amides is 1. The second-order valence-electron chi connectivity index (χ2n) is 7.27. The fourth-order valence-corrected chi connectivity index (χ4v) is 6.76. The van der Waals surface area contributed by atoms with E-state index in [0.717, 1.165) is 27.0 Å². The fraction of sp³-hybridized carbons (Fsp3) is 0.273. The molecule has 5 rings (SSSR count). The maximum atomic E-state index is 12.8. The van der Waals surface area contributed by atoms with Crippen LogP contribution in [0, 0.1) is 5.92 Å². The van der Waals surface area contributed by atoms with E-state index in [9.17, 15) is 9.59 Å². The number of hydrogen-bond acceptors (Lipinski definition) is 6. The Labute approximate surface area is 181 Å². The Kier molecular flexibility index (Phi) is 5.04. The van der Waals surface area contributed by atoms with Crippen LogP contribution in [0.15, 0.2) is 58.4 Å². The second-order valence-corrected chi connectivity index (χ2v) is 9.27. The highest BCUT2D eigenvalue weighted by Gasteiger charge is 2.39. The quantitative estimate of drug-likeness (QED) is 0.668. The summed E-state index contributed by atoms with van der Waals surface area (Å²) in [7, 11) is 1.56. The summed E-state index contributed by atoms with van der Waals surface area (Å²) < 4.78 is 12.8. The number of para-hydroxylation sites is 3. The van der Waals surface area contributed by atoms with Gasteiger partial charge in [0.1, 0.15) is 18.0 Å². The number of aromatic nitrogens is 1. The minimum Gasteiger partial charge on any atom is -0.495 e. The van der Waals surface area contributed by atoms with Gasteiger partial charge in [-0.15, -0.1) is 11.8 Å². The number of rotatable bonds is 4. The van der Waals surface area contributed by atoms with Gasteiger partial charge >= 0.3 is 4.87 Å². The van der Waals surface area contributed by atoms with Crippen molar-refractivity contribution in [2.75, 3.05) is 24.8 Å². The number of anilines is 1. The molecule has 1 N–H and O–H groups in total. The molecule has 0 saturated heterocycles. The van der Waals surface area contributed by atoms with Crippen LogP contribution in [-0.4, -0.2) is 29.9 Å². The van der Waals surface area contributed by atoms with Crippen LogP contribution in [0.2, 0.25) is 0 Å². The molecule has 8 heteroatoms. The minimum absolute atomic E-state index is 0.0226. The van der Waals surface area contributed by atoms with Gasteiger partial charge in [-0.05, 0) is 18.2 Å². The standard InChI is InChI=1S/C22H20N2O4S2/c1-27-17-9-5-3-7-15(17)23-18(25)10-24-21-20(30-22(24)26)19-13(12-29-21)11-28-16-8-4-2-6-14(16)19/h2-9,13,19H,10-12H2,1H3,(H,23,25). The molecule has 2 aromatic carbocycles. The summed E-state index contributed by atoms with van der Waals surface area (Å²) >= 11 is 2.89. The lowest BCUT2D eigenvalue weighted by molar-refractivity contribution is -0.116. The molecule has 1 amide bonds. The number of fused-ring (bicyclic) bond motifs is 5. The zero-order valence-corrected chi connectivity index (χ0v) is 17.9. The minimum atomic E-state index is -0.252. The summed E-state index contributed by atoms with van der Waals surface area (Å²) in [5, 5.41) is 3.76. The highest BCUT2D eigenvalue weighted by atomic mass is 32.2. The first-order valence-corrected chi connectivity index (χ1v) is 11.5. The van der Waals surface area contributed by atoms with Crippen LogP contribution in [0.25, 0.3) is 0 Å². The van der Waals surface area contributed by atoms with E-state index < -0.39 is 0 Å². The van der Waals surface area contributed by atoms with Crippen molar-refractivity contribution < 1.29 is 14.3 Å². The van der Waals surface area contributed by atoms with Gasteiger partial charge in [-0.1, -0.05) is 41.7 Å². The number of nitrogens with one attached hydrogen (secondary N) is 1. The Bertz CT molecular complexity index is 1170. The molecular formula is C22H20N2O4S2. The third-order valence-corrected chi connectivity index (χ3v) is 7.95. The SMILES string of the molecule is COc1ccccc1NC(=O)Cn1c2c(sc1=O)C1c3ccccc3OCC1CS2. The van der Waals surface area contributed by atoms with Gasteiger partial charge in [-0.25, -0.2) is 0 Å². The van der Waals surface area contributed by atoms with E-state index >= 15 is 0 Å². The van der Waals surface area contributed by atoms with Gasteiger partial charge in [-0.3, -0.25) is 14.2 Å². The molecule has 0 fully saturated rings. The number of thioether (sulfide) groups is 1. The van der Waals surface area contributed by atoms with Crippen molar-refractivity contribution in [1.82, 2.24) is 4.57 Å². The predicted octanol–water partition coefficient (Wildman–Crippen LogP) is 3.80. The highest BCUT2D eigenvalue weighted by Crippen LogP contribution is 2.50. The normalized spacial score (nSPS) is 19.1. The summed E-state index contributed by atoms with van der Waals surface area (Å²) in [5.41, 5.74) is 1.72. The van der Waals surface area contributed by atoms with Crippen LogP contribution in [0.4, 0.5) is 5.69 Å². The molecule has 2 aliphatic rings. The third-order valence-electron chi connectivity index (χ3n) is 5.45. The first-order chi connectivity index (χ1) is 14.7. The van der Waals surface area contributed by atoms with Crippen LogP contribution in [0.1, 0.15) is 16.4 Å². The number of thiazole rings is 1. The lowest BCUT2D eigenvalue weighted by Gasteiger charge is -2.36. The Hall–Kier alpha value is -2.71. The van der Waals surface area contributed by atoms with Crippen molar-refractivity contribution in [3.63, 3.8) is 0 Å². The number of hydrogen-bond donors (Lipinski definition) is 1. The Morgan fingerprint density at radius 3 is 2.90 bits per heavy atom. The first kappa shape index (κ1) is 19.3. The molecule has 3 heterocycles. The molecule has 2 unspecified atom stereocenters. The molecule has 1 aromatic heterocycles. The molecule has 30 heavy (non-hydrogen) atoms. The molecule has 0 aliphatic carbocycles. The van der Waals surface area contributed by atoms with Crippen LogP contribution in [0.5, 0.6) is 11.5 Å². The van der Waals surface area contributed by atoms with Crippen LogP contribution < -0.4 is 19.7 Å². The van der Waals surface area contributed by atoms with Crippen molar-refractivity contribution in [1.29, 1.82) is 0 Å². The van der Waals surface area contributed by atoms with Gasteiger partial charge in [0.2, 0.25) is 5.91 Å². The smallest absolute Gasteiger partial charge is 0.308 e. The Morgan fingerprint density at radius 2 is 2.03 bits per heavy atom. The van der Waals surface area contributed by atoms with Gasteiger partial charge in [0, 0.05) is 28.0 Å². The first-order valence-electron chi connectivity index (χ1n) is 9.66. The van der Waals surface area contributed by atoms with Crippen molar-refractivity contribution in [2.45, 2.75) is 17.5 Å². The lowest BCUT2D eigenvalue weighted by atomic mass is 9.84. The van der Waals surface area contributed by atoms with Crippen LogP contribution >= 0.6 is 23.1 Å². The maximum Gasteiger partial charge on any atom is 0.308 e. The van der Waals surface area contributed by atoms with Crippen molar-refractivity contribution >= 4 is 34.7 Å². The number of ether oxygens (including phenoxy) is 2. The van der Waals surface area contributed by atoms with E-state index in [-0.39, 0.29) is 23.2 Å². The molecule has 2 aliphatic heterocycles. The van der Waals surface area contributed by atoms with E-state index in [2.05, 4.69) is 11.4 Å².